The van der Waals surface area contributed by atoms with Crippen LogP contribution < -0.4 is 5.32 Å². The molecule has 0 radical (unpaired) electrons. The quantitative estimate of drug-likeness (QED) is 0.344. The number of quaternary nitrogens is 1. The van der Waals surface area contributed by atoms with E-state index < -0.39 is 10.1 Å². The maximum absolute atomic E-state index is 11.1. The maximum Gasteiger partial charge on any atom is 0.246 e. The van der Waals surface area contributed by atoms with Crippen LogP contribution in [0.2, 0.25) is 0 Å². The van der Waals surface area contributed by atoms with Gasteiger partial charge in [-0.2, -0.15) is 0 Å². The zero-order valence-electron chi connectivity index (χ0n) is 15.8. The van der Waals surface area contributed by atoms with Crippen LogP contribution in [0.1, 0.15) is 25.8 Å². The summed E-state index contributed by atoms with van der Waals surface area (Å²) in [6.07, 6.45) is 1.01. The van der Waals surface area contributed by atoms with Crippen molar-refractivity contribution in [1.82, 2.24) is 5.32 Å². The fourth-order valence-electron chi connectivity index (χ4n) is 1.72. The van der Waals surface area contributed by atoms with E-state index in [9.17, 15) is 17.8 Å². The second kappa shape index (κ2) is 10.3. The van der Waals surface area contributed by atoms with Gasteiger partial charge in [0.25, 0.3) is 0 Å². The van der Waals surface area contributed by atoms with Crippen molar-refractivity contribution in [3.05, 3.63) is 42.0 Å². The van der Waals surface area contributed by atoms with Crippen LogP contribution in [-0.4, -0.2) is 57.1 Å². The summed E-state index contributed by atoms with van der Waals surface area (Å²) in [5.74, 6) is -0.0354. The van der Waals surface area contributed by atoms with E-state index in [1.807, 2.05) is 6.92 Å². The van der Waals surface area contributed by atoms with Gasteiger partial charge in [-0.15, -0.1) is 0 Å². The van der Waals surface area contributed by atoms with E-state index in [1.54, 1.807) is 19.1 Å². The van der Waals surface area contributed by atoms with Crippen LogP contribution in [0.15, 0.2) is 41.3 Å². The highest BCUT2D eigenvalue weighted by molar-refractivity contribution is 7.85. The Morgan fingerprint density at radius 2 is 1.76 bits per heavy atom. The number of carbonyl (C=O) groups is 1. The predicted octanol–water partition coefficient (Wildman–Crippen LogP) is 2.06. The van der Waals surface area contributed by atoms with Crippen LogP contribution in [-0.2, 0) is 14.9 Å². The van der Waals surface area contributed by atoms with Crippen LogP contribution in [0.5, 0.6) is 0 Å². The van der Waals surface area contributed by atoms with Gasteiger partial charge < -0.3 is 14.4 Å². The van der Waals surface area contributed by atoms with Crippen LogP contribution in [0, 0.1) is 6.92 Å². The van der Waals surface area contributed by atoms with E-state index in [2.05, 4.69) is 32.9 Å². The number of hydrogen-bond acceptors (Lipinski definition) is 4. The first-order valence-corrected chi connectivity index (χ1v) is 9.58. The molecule has 0 saturated carbocycles. The van der Waals surface area contributed by atoms with Gasteiger partial charge in [0.05, 0.1) is 32.1 Å². The number of rotatable bonds is 7. The lowest BCUT2D eigenvalue weighted by atomic mass is 10.2. The first kappa shape index (κ1) is 23.3. The van der Waals surface area contributed by atoms with E-state index in [0.717, 1.165) is 36.1 Å². The summed E-state index contributed by atoms with van der Waals surface area (Å²) in [4.78, 5) is 10.9. The lowest BCUT2D eigenvalue weighted by molar-refractivity contribution is -0.888. The van der Waals surface area contributed by atoms with Crippen molar-refractivity contribution in [1.29, 1.82) is 0 Å². The fraction of sp³-hybridized carbons (Fsp3) is 0.500. The monoisotopic (exact) mass is 370 g/mol. The molecule has 1 rings (SSSR count). The molecule has 0 aromatic heterocycles. The van der Waals surface area contributed by atoms with Gasteiger partial charge in [-0.05, 0) is 32.9 Å². The molecule has 7 heteroatoms. The molecule has 0 aliphatic rings. The Labute approximate surface area is 151 Å². The van der Waals surface area contributed by atoms with Crippen LogP contribution in [0.4, 0.5) is 0 Å². The third kappa shape index (κ3) is 10.7. The Morgan fingerprint density at radius 3 is 2.16 bits per heavy atom. The first-order valence-electron chi connectivity index (χ1n) is 8.17. The number of nitrogens with one attached hydrogen (secondary N) is 1. The van der Waals surface area contributed by atoms with E-state index in [1.165, 1.54) is 12.1 Å². The summed E-state index contributed by atoms with van der Waals surface area (Å²) >= 11 is 0. The van der Waals surface area contributed by atoms with Gasteiger partial charge in [-0.25, -0.2) is 8.42 Å². The van der Waals surface area contributed by atoms with Gasteiger partial charge >= 0.3 is 0 Å². The van der Waals surface area contributed by atoms with Crippen LogP contribution in [0.25, 0.3) is 0 Å². The highest BCUT2D eigenvalue weighted by atomic mass is 32.2. The summed E-state index contributed by atoms with van der Waals surface area (Å²) in [6, 6.07) is 5.78. The number of nitrogens with zero attached hydrogens (tertiary/aromatic N) is 1. The Morgan fingerprint density at radius 1 is 1.24 bits per heavy atom. The molecular formula is C18H30N2O4S. The lowest BCUT2D eigenvalue weighted by Crippen LogP contribution is -2.41. The molecule has 0 heterocycles. The lowest BCUT2D eigenvalue weighted by Gasteiger charge is -2.28. The molecule has 0 saturated heterocycles. The highest BCUT2D eigenvalue weighted by Gasteiger charge is 2.10. The Balaban J connectivity index is 0.000000472. The zero-order valence-corrected chi connectivity index (χ0v) is 16.6. The summed E-state index contributed by atoms with van der Waals surface area (Å²) in [5, 5.41) is 2.83. The highest BCUT2D eigenvalue weighted by Crippen LogP contribution is 2.08. The summed E-state index contributed by atoms with van der Waals surface area (Å²) in [7, 11) is 0.120. The summed E-state index contributed by atoms with van der Waals surface area (Å²) in [5.41, 5.74) is 1.51. The fourth-order valence-corrected chi connectivity index (χ4v) is 2.19. The molecule has 0 unspecified atom stereocenters. The van der Waals surface area contributed by atoms with E-state index in [0.29, 0.717) is 5.57 Å². The first-order chi connectivity index (χ1) is 11.4. The van der Waals surface area contributed by atoms with Gasteiger partial charge in [0.1, 0.15) is 10.1 Å². The molecule has 1 aromatic carbocycles. The van der Waals surface area contributed by atoms with Crippen molar-refractivity contribution in [2.75, 3.05) is 33.7 Å². The molecule has 0 aliphatic carbocycles. The molecular weight excluding hydrogens is 340 g/mol. The number of benzene rings is 1. The van der Waals surface area contributed by atoms with Crippen molar-refractivity contribution in [2.24, 2.45) is 0 Å². The van der Waals surface area contributed by atoms with Gasteiger partial charge in [0, 0.05) is 18.5 Å². The number of hydrogen-bond donors (Lipinski definition) is 1. The average Bonchev–Trinajstić information content (AvgIpc) is 2.51. The van der Waals surface area contributed by atoms with Crippen LogP contribution in [0.3, 0.4) is 0 Å². The molecule has 0 fully saturated rings. The average molecular weight is 371 g/mol. The zero-order chi connectivity index (χ0) is 19.7. The summed E-state index contributed by atoms with van der Waals surface area (Å²) in [6.45, 7) is 12.3. The van der Waals surface area contributed by atoms with Gasteiger partial charge in [-0.3, -0.25) is 4.79 Å². The summed E-state index contributed by atoms with van der Waals surface area (Å²) < 4.78 is 32.2. The molecule has 1 amide bonds. The number of carbonyl (C=O) groups excluding carboxylic acids is 1. The van der Waals surface area contributed by atoms with Crippen molar-refractivity contribution >= 4 is 16.0 Å². The minimum atomic E-state index is -4.27. The standard InChI is InChI=1S/C11H22N2O.C7H8O3S/c1-6-13(4,5)9-7-8-12-11(14)10(2)3;1-6-2-4-7(5-3-6)11(8,9)10/h2,6-9H2,1,3-5H3;2-5H,1H3,(H,8,9,10). The van der Waals surface area contributed by atoms with E-state index in [-0.39, 0.29) is 10.8 Å². The van der Waals surface area contributed by atoms with Gasteiger partial charge in [0.2, 0.25) is 5.91 Å². The number of amides is 1. The Hall–Kier alpha value is -1.70. The predicted molar refractivity (Wildman–Crippen MR) is 99.1 cm³/mol. The third-order valence-electron chi connectivity index (χ3n) is 3.78. The minimum Gasteiger partial charge on any atom is -0.744 e. The molecule has 0 aliphatic heterocycles. The molecule has 0 atom stereocenters. The van der Waals surface area contributed by atoms with Crippen LogP contribution >= 0.6 is 0 Å². The molecule has 1 aromatic rings. The van der Waals surface area contributed by atoms with Crippen molar-refractivity contribution in [3.8, 4) is 0 Å². The van der Waals surface area contributed by atoms with E-state index >= 15 is 0 Å². The van der Waals surface area contributed by atoms with Crippen molar-refractivity contribution in [3.63, 3.8) is 0 Å². The largest absolute Gasteiger partial charge is 0.744 e. The third-order valence-corrected chi connectivity index (χ3v) is 4.63. The topological polar surface area (TPSA) is 86.3 Å². The minimum absolute atomic E-state index is 0.0354. The second-order valence-corrected chi connectivity index (χ2v) is 8.01. The SMILES string of the molecule is C=C(C)C(=O)NCCC[N+](C)(C)CC.Cc1ccc(S(=O)(=O)[O-])cc1. The smallest absolute Gasteiger partial charge is 0.246 e. The second-order valence-electron chi connectivity index (χ2n) is 6.63. The molecule has 6 nitrogen and oxygen atoms in total. The Bertz CT molecular complexity index is 665. The Kier molecular flexibility index (Phi) is 9.62. The van der Waals surface area contributed by atoms with Crippen molar-refractivity contribution in [2.45, 2.75) is 32.1 Å². The molecule has 0 bridgehead atoms. The van der Waals surface area contributed by atoms with Gasteiger partial charge in [-0.1, -0.05) is 24.3 Å². The number of aryl methyl sites for hydroxylation is 1. The van der Waals surface area contributed by atoms with E-state index in [4.69, 9.17) is 0 Å². The normalized spacial score (nSPS) is 11.3. The molecule has 0 spiro atoms. The van der Waals surface area contributed by atoms with Gasteiger partial charge in [0.15, 0.2) is 0 Å². The molecule has 142 valence electrons. The maximum atomic E-state index is 11.1. The molecule has 25 heavy (non-hydrogen) atoms. The van der Waals surface area contributed by atoms with Crippen molar-refractivity contribution < 1.29 is 22.2 Å². The molecule has 1 N–H and O–H groups in total.